The van der Waals surface area contributed by atoms with E-state index in [4.69, 9.17) is 0 Å². The van der Waals surface area contributed by atoms with Crippen LogP contribution in [0, 0.1) is 37.9 Å². The molecule has 0 saturated carbocycles. The van der Waals surface area contributed by atoms with Crippen molar-refractivity contribution in [1.29, 1.82) is 5.26 Å². The van der Waals surface area contributed by atoms with Gasteiger partial charge in [-0.05, 0) is 61.2 Å². The second kappa shape index (κ2) is 5.88. The Balaban J connectivity index is 2.41. The summed E-state index contributed by atoms with van der Waals surface area (Å²) < 4.78 is 13.3. The number of nitrogens with zero attached hydrogens (tertiary/aromatic N) is 1. The second-order valence-corrected chi connectivity index (χ2v) is 5.23. The SMILES string of the molecule is Cc1ccc(C(C#N)C(=O)c2ccc(F)c(C)c2)cc1C. The summed E-state index contributed by atoms with van der Waals surface area (Å²) in [6.45, 7) is 5.52. The van der Waals surface area contributed by atoms with Crippen LogP contribution in [0.4, 0.5) is 4.39 Å². The van der Waals surface area contributed by atoms with Gasteiger partial charge >= 0.3 is 0 Å². The third-order valence-electron chi connectivity index (χ3n) is 3.70. The molecule has 0 N–H and O–H groups in total. The molecule has 0 aromatic heterocycles. The summed E-state index contributed by atoms with van der Waals surface area (Å²) in [5, 5.41) is 9.35. The molecule has 21 heavy (non-hydrogen) atoms. The lowest BCUT2D eigenvalue weighted by Gasteiger charge is -2.11. The predicted molar refractivity (Wildman–Crippen MR) is 79.7 cm³/mol. The Labute approximate surface area is 123 Å². The van der Waals surface area contributed by atoms with E-state index in [2.05, 4.69) is 6.07 Å². The Kier molecular flexibility index (Phi) is 4.18. The molecule has 106 valence electrons. The molecule has 0 amide bonds. The number of benzene rings is 2. The van der Waals surface area contributed by atoms with Crippen LogP contribution in [0.2, 0.25) is 0 Å². The molecule has 0 saturated heterocycles. The Morgan fingerprint density at radius 2 is 1.76 bits per heavy atom. The Morgan fingerprint density at radius 1 is 1.05 bits per heavy atom. The van der Waals surface area contributed by atoms with Crippen LogP contribution in [0.5, 0.6) is 0 Å². The van der Waals surface area contributed by atoms with Crippen LogP contribution >= 0.6 is 0 Å². The van der Waals surface area contributed by atoms with Gasteiger partial charge in [-0.3, -0.25) is 4.79 Å². The van der Waals surface area contributed by atoms with Crippen molar-refractivity contribution in [2.45, 2.75) is 26.7 Å². The van der Waals surface area contributed by atoms with Crippen LogP contribution in [-0.2, 0) is 0 Å². The van der Waals surface area contributed by atoms with Gasteiger partial charge in [-0.15, -0.1) is 0 Å². The molecule has 0 aliphatic carbocycles. The number of ketones is 1. The monoisotopic (exact) mass is 281 g/mol. The van der Waals surface area contributed by atoms with E-state index < -0.39 is 5.92 Å². The van der Waals surface area contributed by atoms with E-state index in [1.165, 1.54) is 18.2 Å². The van der Waals surface area contributed by atoms with E-state index in [0.29, 0.717) is 16.7 Å². The molecule has 0 aliphatic heterocycles. The number of nitriles is 1. The fraction of sp³-hybridized carbons (Fsp3) is 0.222. The van der Waals surface area contributed by atoms with Crippen molar-refractivity contribution >= 4 is 5.78 Å². The van der Waals surface area contributed by atoms with E-state index in [-0.39, 0.29) is 11.6 Å². The van der Waals surface area contributed by atoms with Gasteiger partial charge in [0.15, 0.2) is 5.78 Å². The maximum atomic E-state index is 13.3. The first kappa shape index (κ1) is 14.9. The summed E-state index contributed by atoms with van der Waals surface area (Å²) in [6.07, 6.45) is 0. The molecule has 2 aromatic rings. The average Bonchev–Trinajstić information content (AvgIpc) is 2.46. The lowest BCUT2D eigenvalue weighted by Crippen LogP contribution is -2.12. The van der Waals surface area contributed by atoms with Crippen LogP contribution < -0.4 is 0 Å². The third kappa shape index (κ3) is 3.00. The number of hydrogen-bond donors (Lipinski definition) is 0. The zero-order chi connectivity index (χ0) is 15.6. The molecule has 1 unspecified atom stereocenters. The molecule has 0 bridgehead atoms. The van der Waals surface area contributed by atoms with Crippen LogP contribution in [-0.4, -0.2) is 5.78 Å². The van der Waals surface area contributed by atoms with Crippen LogP contribution in [0.3, 0.4) is 0 Å². The van der Waals surface area contributed by atoms with Gasteiger partial charge in [-0.25, -0.2) is 4.39 Å². The highest BCUT2D eigenvalue weighted by atomic mass is 19.1. The fourth-order valence-corrected chi connectivity index (χ4v) is 2.19. The minimum atomic E-state index is -0.867. The highest BCUT2D eigenvalue weighted by Crippen LogP contribution is 2.23. The van der Waals surface area contributed by atoms with Gasteiger partial charge in [0.05, 0.1) is 6.07 Å². The van der Waals surface area contributed by atoms with E-state index in [0.717, 1.165) is 11.1 Å². The number of carbonyl (C=O) groups excluding carboxylic acids is 1. The van der Waals surface area contributed by atoms with Gasteiger partial charge in [0, 0.05) is 5.56 Å². The largest absolute Gasteiger partial charge is 0.292 e. The van der Waals surface area contributed by atoms with Crippen molar-refractivity contribution in [1.82, 2.24) is 0 Å². The quantitative estimate of drug-likeness (QED) is 0.789. The Bertz CT molecular complexity index is 743. The van der Waals surface area contributed by atoms with E-state index in [1.54, 1.807) is 13.0 Å². The summed E-state index contributed by atoms with van der Waals surface area (Å²) >= 11 is 0. The molecule has 2 rings (SSSR count). The summed E-state index contributed by atoms with van der Waals surface area (Å²) in [5.41, 5.74) is 3.58. The number of hydrogen-bond acceptors (Lipinski definition) is 2. The van der Waals surface area contributed by atoms with Gasteiger partial charge in [-0.2, -0.15) is 5.26 Å². The maximum Gasteiger partial charge on any atom is 0.184 e. The van der Waals surface area contributed by atoms with E-state index in [1.807, 2.05) is 26.0 Å². The molecular formula is C18H16FNO. The summed E-state index contributed by atoms with van der Waals surface area (Å²) in [4.78, 5) is 12.5. The van der Waals surface area contributed by atoms with Crippen LogP contribution in [0.15, 0.2) is 36.4 Å². The summed E-state index contributed by atoms with van der Waals surface area (Å²) in [7, 11) is 0. The first-order valence-electron chi connectivity index (χ1n) is 6.71. The topological polar surface area (TPSA) is 40.9 Å². The minimum absolute atomic E-state index is 0.302. The Hall–Kier alpha value is -2.47. The highest BCUT2D eigenvalue weighted by Gasteiger charge is 2.22. The summed E-state index contributed by atoms with van der Waals surface area (Å²) in [6, 6.07) is 11.8. The van der Waals surface area contributed by atoms with Crippen LogP contribution in [0.1, 0.15) is 38.5 Å². The third-order valence-corrected chi connectivity index (χ3v) is 3.70. The lowest BCUT2D eigenvalue weighted by molar-refractivity contribution is 0.0978. The molecular weight excluding hydrogens is 265 g/mol. The van der Waals surface area contributed by atoms with Gasteiger partial charge in [0.1, 0.15) is 11.7 Å². The summed E-state index contributed by atoms with van der Waals surface area (Å²) in [5.74, 6) is -1.52. The molecule has 2 nitrogen and oxygen atoms in total. The van der Waals surface area contributed by atoms with Gasteiger partial charge in [0.2, 0.25) is 0 Å². The normalized spacial score (nSPS) is 11.8. The van der Waals surface area contributed by atoms with Gasteiger partial charge in [-0.1, -0.05) is 18.2 Å². The van der Waals surface area contributed by atoms with Gasteiger partial charge < -0.3 is 0 Å². The van der Waals surface area contributed by atoms with E-state index >= 15 is 0 Å². The zero-order valence-corrected chi connectivity index (χ0v) is 12.3. The number of rotatable bonds is 3. The van der Waals surface area contributed by atoms with Crippen molar-refractivity contribution in [3.63, 3.8) is 0 Å². The van der Waals surface area contributed by atoms with E-state index in [9.17, 15) is 14.4 Å². The van der Waals surface area contributed by atoms with Crippen molar-refractivity contribution < 1.29 is 9.18 Å². The molecule has 0 radical (unpaired) electrons. The number of aryl methyl sites for hydroxylation is 3. The molecule has 2 aromatic carbocycles. The first-order valence-corrected chi connectivity index (χ1v) is 6.71. The first-order chi connectivity index (χ1) is 9.93. The molecule has 0 fully saturated rings. The average molecular weight is 281 g/mol. The van der Waals surface area contributed by atoms with Gasteiger partial charge in [0.25, 0.3) is 0 Å². The lowest BCUT2D eigenvalue weighted by atomic mass is 9.89. The molecule has 3 heteroatoms. The standard InChI is InChI=1S/C18H16FNO/c1-11-4-5-14(8-12(11)2)16(10-20)18(21)15-6-7-17(19)13(3)9-15/h4-9,16H,1-3H3. The fourth-order valence-electron chi connectivity index (χ4n) is 2.19. The predicted octanol–water partition coefficient (Wildman–Crippen LogP) is 4.24. The Morgan fingerprint density at radius 3 is 2.33 bits per heavy atom. The number of Topliss-reactive ketones (excluding diaryl/α,β-unsaturated/α-hetero) is 1. The molecule has 0 heterocycles. The number of halogens is 1. The van der Waals surface area contributed by atoms with Crippen molar-refractivity contribution in [2.24, 2.45) is 0 Å². The molecule has 0 spiro atoms. The second-order valence-electron chi connectivity index (χ2n) is 5.23. The van der Waals surface area contributed by atoms with Crippen LogP contribution in [0.25, 0.3) is 0 Å². The van der Waals surface area contributed by atoms with Crippen molar-refractivity contribution in [3.8, 4) is 6.07 Å². The number of carbonyl (C=O) groups is 1. The molecule has 0 aliphatic rings. The minimum Gasteiger partial charge on any atom is -0.292 e. The molecule has 1 atom stereocenters. The highest BCUT2D eigenvalue weighted by molar-refractivity contribution is 6.02. The smallest absolute Gasteiger partial charge is 0.184 e. The van der Waals surface area contributed by atoms with Crippen molar-refractivity contribution in [2.75, 3.05) is 0 Å². The van der Waals surface area contributed by atoms with Crippen molar-refractivity contribution in [3.05, 3.63) is 70.0 Å². The zero-order valence-electron chi connectivity index (χ0n) is 12.3. The maximum absolute atomic E-state index is 13.3.